The summed E-state index contributed by atoms with van der Waals surface area (Å²) in [7, 11) is 0. The van der Waals surface area contributed by atoms with Crippen LogP contribution >= 0.6 is 15.9 Å². The summed E-state index contributed by atoms with van der Waals surface area (Å²) in [6, 6.07) is 0. The van der Waals surface area contributed by atoms with E-state index in [0.717, 1.165) is 24.6 Å². The Balaban J connectivity index is 1.76. The Morgan fingerprint density at radius 3 is 2.44 bits per heavy atom. The lowest BCUT2D eigenvalue weighted by Gasteiger charge is -2.41. The highest BCUT2D eigenvalue weighted by atomic mass is 79.9. The standard InChI is InChI=1S/C13H25BBrN/c1-2-3-4-16-14-8-11-5-12(9-14)7-13(6-11)10-15/h11-13,16H,2-10H2,1H3. The molecule has 2 atom stereocenters. The van der Waals surface area contributed by atoms with Crippen molar-refractivity contribution in [3.05, 3.63) is 0 Å². The lowest BCUT2D eigenvalue weighted by atomic mass is 9.43. The van der Waals surface area contributed by atoms with Crippen LogP contribution in [0.25, 0.3) is 0 Å². The van der Waals surface area contributed by atoms with Crippen LogP contribution in [0, 0.1) is 17.8 Å². The molecule has 1 aliphatic carbocycles. The van der Waals surface area contributed by atoms with Crippen LogP contribution in [0.4, 0.5) is 0 Å². The van der Waals surface area contributed by atoms with Gasteiger partial charge in [-0.05, 0) is 50.0 Å². The second-order valence-electron chi connectivity index (χ2n) is 5.94. The first-order valence-corrected chi connectivity index (χ1v) is 8.23. The van der Waals surface area contributed by atoms with Crippen molar-refractivity contribution in [1.82, 2.24) is 5.23 Å². The highest BCUT2D eigenvalue weighted by Crippen LogP contribution is 2.43. The quantitative estimate of drug-likeness (QED) is 0.460. The maximum atomic E-state index is 3.77. The molecule has 0 aromatic rings. The Kier molecular flexibility index (Phi) is 5.21. The Hall–Kier alpha value is 0.505. The van der Waals surface area contributed by atoms with Gasteiger partial charge in [0.15, 0.2) is 0 Å². The van der Waals surface area contributed by atoms with Gasteiger partial charge in [-0.25, -0.2) is 0 Å². The van der Waals surface area contributed by atoms with Crippen molar-refractivity contribution < 1.29 is 0 Å². The van der Waals surface area contributed by atoms with Gasteiger partial charge in [-0.1, -0.05) is 41.9 Å². The van der Waals surface area contributed by atoms with Crippen LogP contribution in [0.15, 0.2) is 0 Å². The normalized spacial score (nSPS) is 34.1. The van der Waals surface area contributed by atoms with Crippen LogP contribution in [-0.2, 0) is 0 Å². The van der Waals surface area contributed by atoms with Crippen molar-refractivity contribution >= 4 is 22.8 Å². The number of rotatable bonds is 5. The lowest BCUT2D eigenvalue weighted by molar-refractivity contribution is 0.221. The van der Waals surface area contributed by atoms with Crippen LogP contribution in [0.1, 0.15) is 39.0 Å². The third-order valence-electron chi connectivity index (χ3n) is 4.42. The SMILES string of the molecule is CCCCNB1CC2CC(CBr)CC(C1)C2. The van der Waals surface area contributed by atoms with E-state index in [1.807, 2.05) is 0 Å². The van der Waals surface area contributed by atoms with Gasteiger partial charge in [0.1, 0.15) is 0 Å². The van der Waals surface area contributed by atoms with Gasteiger partial charge in [0, 0.05) is 5.33 Å². The minimum Gasteiger partial charge on any atom is -0.356 e. The molecule has 2 rings (SSSR count). The summed E-state index contributed by atoms with van der Waals surface area (Å²) in [5.41, 5.74) is 0. The summed E-state index contributed by atoms with van der Waals surface area (Å²) in [5, 5.41) is 5.00. The van der Waals surface area contributed by atoms with Crippen molar-refractivity contribution in [1.29, 1.82) is 0 Å². The fourth-order valence-corrected chi connectivity index (χ4v) is 4.29. The molecule has 1 nitrogen and oxygen atoms in total. The average molecular weight is 286 g/mol. The maximum Gasteiger partial charge on any atom is 0.220 e. The van der Waals surface area contributed by atoms with E-state index in [2.05, 4.69) is 28.1 Å². The highest BCUT2D eigenvalue weighted by Gasteiger charge is 2.36. The topological polar surface area (TPSA) is 12.0 Å². The molecule has 0 aromatic heterocycles. The van der Waals surface area contributed by atoms with Crippen molar-refractivity contribution in [2.45, 2.75) is 51.7 Å². The smallest absolute Gasteiger partial charge is 0.220 e. The summed E-state index contributed by atoms with van der Waals surface area (Å²) in [6.45, 7) is 4.35. The van der Waals surface area contributed by atoms with E-state index in [1.54, 1.807) is 0 Å². The van der Waals surface area contributed by atoms with E-state index in [1.165, 1.54) is 56.6 Å². The average Bonchev–Trinajstić information content (AvgIpc) is 2.28. The highest BCUT2D eigenvalue weighted by molar-refractivity contribution is 9.09. The van der Waals surface area contributed by atoms with Crippen LogP contribution in [0.5, 0.6) is 0 Å². The van der Waals surface area contributed by atoms with Gasteiger partial charge in [-0.3, -0.25) is 0 Å². The summed E-state index contributed by atoms with van der Waals surface area (Å²) >= 11 is 3.67. The first-order valence-electron chi connectivity index (χ1n) is 7.11. The van der Waals surface area contributed by atoms with E-state index < -0.39 is 0 Å². The molecule has 1 saturated heterocycles. The fourth-order valence-electron chi connectivity index (χ4n) is 3.76. The monoisotopic (exact) mass is 285 g/mol. The number of alkyl halides is 1. The zero-order valence-electron chi connectivity index (χ0n) is 10.6. The van der Waals surface area contributed by atoms with Crippen molar-refractivity contribution in [3.8, 4) is 0 Å². The summed E-state index contributed by atoms with van der Waals surface area (Å²) in [4.78, 5) is 0. The van der Waals surface area contributed by atoms with E-state index in [4.69, 9.17) is 0 Å². The van der Waals surface area contributed by atoms with Crippen LogP contribution in [0.2, 0.25) is 12.6 Å². The molecule has 1 aliphatic heterocycles. The van der Waals surface area contributed by atoms with E-state index in [-0.39, 0.29) is 0 Å². The molecule has 16 heavy (non-hydrogen) atoms. The van der Waals surface area contributed by atoms with Crippen molar-refractivity contribution in [3.63, 3.8) is 0 Å². The lowest BCUT2D eigenvalue weighted by Crippen LogP contribution is -2.44. The molecule has 0 aromatic carbocycles. The molecule has 1 saturated carbocycles. The van der Waals surface area contributed by atoms with Gasteiger partial charge in [0.2, 0.25) is 6.85 Å². The zero-order valence-corrected chi connectivity index (χ0v) is 12.1. The fraction of sp³-hybridized carbons (Fsp3) is 1.00. The molecular formula is C13H25BBrN. The van der Waals surface area contributed by atoms with Gasteiger partial charge in [-0.15, -0.1) is 0 Å². The molecule has 0 radical (unpaired) electrons. The molecule has 2 unspecified atom stereocenters. The third-order valence-corrected chi connectivity index (χ3v) is 5.33. The molecule has 1 heterocycles. The first kappa shape index (κ1) is 12.9. The molecule has 3 heteroatoms. The maximum absolute atomic E-state index is 3.77. The molecule has 0 amide bonds. The second-order valence-corrected chi connectivity index (χ2v) is 6.58. The largest absolute Gasteiger partial charge is 0.356 e. The third kappa shape index (κ3) is 3.50. The number of hydrogen-bond donors (Lipinski definition) is 1. The van der Waals surface area contributed by atoms with Gasteiger partial charge in [0.05, 0.1) is 0 Å². The Labute approximate surface area is 109 Å². The minimum atomic E-state index is 0.839. The molecule has 2 bridgehead atoms. The van der Waals surface area contributed by atoms with Crippen molar-refractivity contribution in [2.75, 3.05) is 11.9 Å². The zero-order chi connectivity index (χ0) is 11.4. The molecule has 2 fully saturated rings. The number of hydrogen-bond acceptors (Lipinski definition) is 1. The molecule has 1 N–H and O–H groups in total. The van der Waals surface area contributed by atoms with Crippen LogP contribution in [0.3, 0.4) is 0 Å². The predicted octanol–water partition coefficient (Wildman–Crippen LogP) is 3.81. The molecular weight excluding hydrogens is 261 g/mol. The molecule has 92 valence electrons. The summed E-state index contributed by atoms with van der Waals surface area (Å²) < 4.78 is 0. The van der Waals surface area contributed by atoms with Gasteiger partial charge < -0.3 is 5.23 Å². The van der Waals surface area contributed by atoms with E-state index in [0.29, 0.717) is 0 Å². The van der Waals surface area contributed by atoms with Crippen molar-refractivity contribution in [2.24, 2.45) is 17.8 Å². The second kappa shape index (κ2) is 6.44. The number of nitrogens with one attached hydrogen (secondary N) is 1. The van der Waals surface area contributed by atoms with Gasteiger partial charge >= 0.3 is 0 Å². The molecule has 0 spiro atoms. The number of unbranched alkanes of at least 4 members (excludes halogenated alkanes) is 1. The number of halogens is 1. The van der Waals surface area contributed by atoms with Gasteiger partial charge in [-0.2, -0.15) is 0 Å². The van der Waals surface area contributed by atoms with Gasteiger partial charge in [0.25, 0.3) is 0 Å². The summed E-state index contributed by atoms with van der Waals surface area (Å²) in [6.07, 6.45) is 10.0. The minimum absolute atomic E-state index is 0.839. The van der Waals surface area contributed by atoms with Crippen LogP contribution < -0.4 is 5.23 Å². The number of fused-ring (bicyclic) bond motifs is 2. The Morgan fingerprint density at radius 2 is 1.88 bits per heavy atom. The predicted molar refractivity (Wildman–Crippen MR) is 76.4 cm³/mol. The molecule has 2 aliphatic rings. The van der Waals surface area contributed by atoms with E-state index in [9.17, 15) is 0 Å². The first-order chi connectivity index (χ1) is 7.81. The summed E-state index contributed by atoms with van der Waals surface area (Å²) in [5.74, 6) is 3.02. The van der Waals surface area contributed by atoms with Crippen LogP contribution in [-0.4, -0.2) is 18.7 Å². The van der Waals surface area contributed by atoms with E-state index >= 15 is 0 Å². The Morgan fingerprint density at radius 1 is 1.19 bits per heavy atom. The Bertz CT molecular complexity index is 198.